The normalized spacial score (nSPS) is 13.4. The smallest absolute Gasteiger partial charge is 0.271 e. The first-order valence-corrected chi connectivity index (χ1v) is 11.7. The lowest BCUT2D eigenvalue weighted by Gasteiger charge is -2.14. The molecule has 1 N–H and O–H groups in total. The Morgan fingerprint density at radius 3 is 2.58 bits per heavy atom. The van der Waals surface area contributed by atoms with Crippen molar-refractivity contribution in [2.24, 2.45) is 5.92 Å². The summed E-state index contributed by atoms with van der Waals surface area (Å²) in [6.45, 7) is 2.44. The summed E-state index contributed by atoms with van der Waals surface area (Å²) in [6.07, 6.45) is 2.69. The van der Waals surface area contributed by atoms with Crippen molar-refractivity contribution in [2.45, 2.75) is 45.5 Å². The molecule has 1 heterocycles. The van der Waals surface area contributed by atoms with E-state index in [0.717, 1.165) is 19.8 Å². The highest BCUT2D eigenvalue weighted by Gasteiger charge is 2.30. The molecular formula is C26H23ClF3N3O3. The second-order valence-corrected chi connectivity index (χ2v) is 9.32. The third-order valence-corrected chi connectivity index (χ3v) is 6.07. The number of carbonyl (C=O) groups is 2. The highest BCUT2D eigenvalue weighted by molar-refractivity contribution is 6.31. The zero-order valence-electron chi connectivity index (χ0n) is 19.6. The fourth-order valence-electron chi connectivity index (χ4n) is 3.64. The van der Waals surface area contributed by atoms with E-state index in [0.29, 0.717) is 16.7 Å². The molecule has 10 heteroatoms. The molecule has 0 unspecified atom stereocenters. The van der Waals surface area contributed by atoms with Crippen molar-refractivity contribution >= 4 is 29.1 Å². The Balaban J connectivity index is 1.43. The average Bonchev–Trinajstić information content (AvgIpc) is 3.64. The number of hydrogen-bond acceptors (Lipinski definition) is 5. The minimum absolute atomic E-state index is 0.00554. The third-order valence-electron chi connectivity index (χ3n) is 5.74. The number of halogens is 4. The maximum absolute atomic E-state index is 14.8. The van der Waals surface area contributed by atoms with E-state index in [1.807, 2.05) is 0 Å². The van der Waals surface area contributed by atoms with Gasteiger partial charge >= 0.3 is 0 Å². The lowest BCUT2D eigenvalue weighted by Crippen LogP contribution is -2.14. The Morgan fingerprint density at radius 2 is 1.89 bits per heavy atom. The highest BCUT2D eigenvalue weighted by Crippen LogP contribution is 2.34. The minimum atomic E-state index is -3.14. The SMILES string of the molecule is Cc1cc(Oc2cc(NC(=O)C3CC3)ncn2)c(F)cc1CC(=O)Cc1ccc(Cl)c(C(C)(F)F)c1. The molecule has 4 rings (SSSR count). The minimum Gasteiger partial charge on any atom is -0.436 e. The molecule has 3 aromatic rings. The van der Waals surface area contributed by atoms with Crippen LogP contribution in [0.1, 0.15) is 42.0 Å². The van der Waals surface area contributed by atoms with Crippen molar-refractivity contribution in [3.05, 3.63) is 75.8 Å². The van der Waals surface area contributed by atoms with Crippen LogP contribution >= 0.6 is 11.6 Å². The van der Waals surface area contributed by atoms with Gasteiger partial charge in [0, 0.05) is 42.3 Å². The van der Waals surface area contributed by atoms with Gasteiger partial charge in [0.05, 0.1) is 0 Å². The van der Waals surface area contributed by atoms with E-state index in [4.69, 9.17) is 16.3 Å². The summed E-state index contributed by atoms with van der Waals surface area (Å²) in [6, 6.07) is 8.11. The number of ketones is 1. The van der Waals surface area contributed by atoms with Crippen LogP contribution in [-0.2, 0) is 28.4 Å². The van der Waals surface area contributed by atoms with E-state index in [1.54, 1.807) is 6.92 Å². The number of anilines is 1. The van der Waals surface area contributed by atoms with Crippen molar-refractivity contribution in [3.8, 4) is 11.6 Å². The van der Waals surface area contributed by atoms with Gasteiger partial charge in [0.25, 0.3) is 5.92 Å². The predicted octanol–water partition coefficient (Wildman–Crippen LogP) is 6.18. The second kappa shape index (κ2) is 10.3. The number of benzene rings is 2. The molecule has 1 amide bonds. The summed E-state index contributed by atoms with van der Waals surface area (Å²) in [5, 5.41) is 2.60. The van der Waals surface area contributed by atoms with Crippen LogP contribution in [-0.4, -0.2) is 21.7 Å². The molecule has 0 atom stereocenters. The van der Waals surface area contributed by atoms with Crippen LogP contribution in [0.3, 0.4) is 0 Å². The molecule has 0 radical (unpaired) electrons. The number of carbonyl (C=O) groups excluding carboxylic acids is 2. The summed E-state index contributed by atoms with van der Waals surface area (Å²) >= 11 is 5.86. The van der Waals surface area contributed by atoms with Crippen LogP contribution in [0.15, 0.2) is 42.7 Å². The average molecular weight is 518 g/mol. The molecule has 1 aliphatic rings. The van der Waals surface area contributed by atoms with Crippen LogP contribution in [0.4, 0.5) is 19.0 Å². The topological polar surface area (TPSA) is 81.2 Å². The Labute approximate surface area is 210 Å². The van der Waals surface area contributed by atoms with Gasteiger partial charge in [-0.3, -0.25) is 9.59 Å². The third kappa shape index (κ3) is 6.40. The first-order valence-electron chi connectivity index (χ1n) is 11.3. The van der Waals surface area contributed by atoms with Crippen LogP contribution in [0.25, 0.3) is 0 Å². The molecule has 188 valence electrons. The number of hydrogen-bond donors (Lipinski definition) is 1. The Bertz CT molecular complexity index is 1320. The maximum Gasteiger partial charge on any atom is 0.271 e. The number of aryl methyl sites for hydroxylation is 1. The number of alkyl halides is 2. The molecule has 0 spiro atoms. The van der Waals surface area contributed by atoms with E-state index >= 15 is 0 Å². The van der Waals surface area contributed by atoms with E-state index in [-0.39, 0.29) is 58.5 Å². The van der Waals surface area contributed by atoms with Gasteiger partial charge in [-0.05, 0) is 60.7 Å². The lowest BCUT2D eigenvalue weighted by atomic mass is 9.97. The zero-order valence-corrected chi connectivity index (χ0v) is 20.3. The molecule has 6 nitrogen and oxygen atoms in total. The van der Waals surface area contributed by atoms with Crippen LogP contribution < -0.4 is 10.1 Å². The standard InChI is InChI=1S/C26H23ClF3N3O3/c1-14-7-22(36-24-12-23(31-13-32-24)33-25(35)16-4-5-16)21(28)11-17(14)10-18(34)8-15-3-6-20(27)19(9-15)26(2,29)30/h3,6-7,9,11-13,16H,4-5,8,10H2,1-2H3,(H,31,32,33,35). The largest absolute Gasteiger partial charge is 0.436 e. The molecule has 0 saturated heterocycles. The molecule has 1 saturated carbocycles. The van der Waals surface area contributed by atoms with E-state index in [9.17, 15) is 22.8 Å². The van der Waals surface area contributed by atoms with Gasteiger partial charge in [-0.15, -0.1) is 0 Å². The van der Waals surface area contributed by atoms with Gasteiger partial charge in [-0.1, -0.05) is 17.7 Å². The summed E-state index contributed by atoms with van der Waals surface area (Å²) in [5.74, 6) is -4.06. The molecule has 0 bridgehead atoms. The Morgan fingerprint density at radius 1 is 1.14 bits per heavy atom. The van der Waals surface area contributed by atoms with Gasteiger partial charge in [-0.25, -0.2) is 23.1 Å². The molecule has 0 aliphatic heterocycles. The number of ether oxygens (including phenoxy) is 1. The fraction of sp³-hybridized carbons (Fsp3) is 0.308. The van der Waals surface area contributed by atoms with Gasteiger partial charge in [0.2, 0.25) is 11.8 Å². The first kappa shape index (κ1) is 25.6. The highest BCUT2D eigenvalue weighted by atomic mass is 35.5. The number of nitrogens with zero attached hydrogens (tertiary/aromatic N) is 2. The molecule has 1 fully saturated rings. The number of aromatic nitrogens is 2. The Kier molecular flexibility index (Phi) is 7.31. The van der Waals surface area contributed by atoms with Crippen molar-refractivity contribution in [3.63, 3.8) is 0 Å². The van der Waals surface area contributed by atoms with Crippen LogP contribution in [0.2, 0.25) is 5.02 Å². The van der Waals surface area contributed by atoms with Crippen LogP contribution in [0, 0.1) is 18.7 Å². The van der Waals surface area contributed by atoms with Crippen molar-refractivity contribution in [1.29, 1.82) is 0 Å². The van der Waals surface area contributed by atoms with E-state index < -0.39 is 11.7 Å². The zero-order chi connectivity index (χ0) is 26.0. The quantitative estimate of drug-likeness (QED) is 0.366. The molecule has 1 aromatic heterocycles. The van der Waals surface area contributed by atoms with Crippen molar-refractivity contribution < 1.29 is 27.5 Å². The number of amides is 1. The van der Waals surface area contributed by atoms with Crippen LogP contribution in [0.5, 0.6) is 11.6 Å². The molecular weight excluding hydrogens is 495 g/mol. The molecule has 2 aromatic carbocycles. The van der Waals surface area contributed by atoms with Crippen molar-refractivity contribution in [1.82, 2.24) is 9.97 Å². The maximum atomic E-state index is 14.8. The van der Waals surface area contributed by atoms with Gasteiger partial charge in [0.1, 0.15) is 17.9 Å². The number of rotatable bonds is 9. The van der Waals surface area contributed by atoms with E-state index in [2.05, 4.69) is 15.3 Å². The summed E-state index contributed by atoms with van der Waals surface area (Å²) in [7, 11) is 0. The van der Waals surface area contributed by atoms with E-state index in [1.165, 1.54) is 42.7 Å². The second-order valence-electron chi connectivity index (χ2n) is 8.91. The molecule has 36 heavy (non-hydrogen) atoms. The summed E-state index contributed by atoms with van der Waals surface area (Å²) in [5.41, 5.74) is 1.10. The Hall–Kier alpha value is -3.46. The monoisotopic (exact) mass is 517 g/mol. The summed E-state index contributed by atoms with van der Waals surface area (Å²) < 4.78 is 47.8. The number of nitrogens with one attached hydrogen (secondary N) is 1. The molecule has 1 aliphatic carbocycles. The van der Waals surface area contributed by atoms with Gasteiger partial charge < -0.3 is 10.1 Å². The first-order chi connectivity index (χ1) is 17.0. The number of Topliss-reactive ketones (excluding diaryl/α,β-unsaturated/α-hetero) is 1. The summed E-state index contributed by atoms with van der Waals surface area (Å²) in [4.78, 5) is 32.5. The van der Waals surface area contributed by atoms with Crippen molar-refractivity contribution in [2.75, 3.05) is 5.32 Å². The predicted molar refractivity (Wildman–Crippen MR) is 128 cm³/mol. The lowest BCUT2D eigenvalue weighted by molar-refractivity contribution is -0.118. The van der Waals surface area contributed by atoms with Gasteiger partial charge in [0.15, 0.2) is 11.6 Å². The van der Waals surface area contributed by atoms with Gasteiger partial charge in [-0.2, -0.15) is 0 Å². The fourth-order valence-corrected chi connectivity index (χ4v) is 3.92.